The van der Waals surface area contributed by atoms with Gasteiger partial charge in [0.1, 0.15) is 0 Å². The highest BCUT2D eigenvalue weighted by Gasteiger charge is 2.24. The Morgan fingerprint density at radius 1 is 1.35 bits per heavy atom. The van der Waals surface area contributed by atoms with Gasteiger partial charge in [-0.1, -0.05) is 12.1 Å². The first-order chi connectivity index (χ1) is 8.08. The Morgan fingerprint density at radius 2 is 2.00 bits per heavy atom. The van der Waals surface area contributed by atoms with Crippen LogP contribution in [0.3, 0.4) is 0 Å². The largest absolute Gasteiger partial charge is 0.488 e. The molecule has 1 aliphatic heterocycles. The normalized spacial score (nSPS) is 19.5. The van der Waals surface area contributed by atoms with Gasteiger partial charge in [0, 0.05) is 24.7 Å². The van der Waals surface area contributed by atoms with Crippen LogP contribution in [-0.2, 0) is 0 Å². The van der Waals surface area contributed by atoms with Gasteiger partial charge in [-0.25, -0.2) is 0 Å². The fourth-order valence-electron chi connectivity index (χ4n) is 1.95. The molecule has 1 amide bonds. The van der Waals surface area contributed by atoms with Crippen molar-refractivity contribution in [3.8, 4) is 0 Å². The Labute approximate surface area is 100.0 Å². The highest BCUT2D eigenvalue weighted by molar-refractivity contribution is 6.58. The molecule has 17 heavy (non-hydrogen) atoms. The third-order valence-corrected chi connectivity index (χ3v) is 2.97. The number of carbonyl (C=O) groups excluding carboxylic acids is 1. The maximum Gasteiger partial charge on any atom is 0.488 e. The molecule has 0 aliphatic carbocycles. The predicted molar refractivity (Wildman–Crippen MR) is 64.8 cm³/mol. The molecule has 0 saturated carbocycles. The van der Waals surface area contributed by atoms with Gasteiger partial charge in [0.05, 0.1) is 0 Å². The summed E-state index contributed by atoms with van der Waals surface area (Å²) in [6, 6.07) is 6.33. The summed E-state index contributed by atoms with van der Waals surface area (Å²) in [6.07, 6.45) is 0.833. The first-order valence-electron chi connectivity index (χ1n) is 5.59. The van der Waals surface area contributed by atoms with E-state index in [2.05, 4.69) is 0 Å². The molecular weight excluding hydrogens is 219 g/mol. The molecule has 90 valence electrons. The number of amides is 1. The summed E-state index contributed by atoms with van der Waals surface area (Å²) >= 11 is 0. The molecule has 1 aliphatic rings. The minimum atomic E-state index is -1.50. The summed E-state index contributed by atoms with van der Waals surface area (Å²) < 4.78 is 0. The lowest BCUT2D eigenvalue weighted by Crippen LogP contribution is -2.33. The molecule has 6 heteroatoms. The van der Waals surface area contributed by atoms with E-state index in [1.165, 1.54) is 12.1 Å². The molecule has 1 atom stereocenters. The van der Waals surface area contributed by atoms with Gasteiger partial charge in [-0.3, -0.25) is 4.79 Å². The second-order valence-corrected chi connectivity index (χ2v) is 4.30. The average Bonchev–Trinajstić information content (AvgIpc) is 2.75. The van der Waals surface area contributed by atoms with Crippen LogP contribution in [0.15, 0.2) is 24.3 Å². The lowest BCUT2D eigenvalue weighted by atomic mass is 9.80. The summed E-state index contributed by atoms with van der Waals surface area (Å²) in [5, 5.41) is 17.9. The van der Waals surface area contributed by atoms with E-state index in [1.807, 2.05) is 0 Å². The van der Waals surface area contributed by atoms with Crippen molar-refractivity contribution in [3.63, 3.8) is 0 Å². The summed E-state index contributed by atoms with van der Waals surface area (Å²) in [6.45, 7) is 1.27. The summed E-state index contributed by atoms with van der Waals surface area (Å²) in [4.78, 5) is 13.7. The molecule has 1 heterocycles. The van der Waals surface area contributed by atoms with Crippen LogP contribution in [-0.4, -0.2) is 47.1 Å². The summed E-state index contributed by atoms with van der Waals surface area (Å²) in [5.74, 6) is -0.0584. The standard InChI is InChI=1S/C11H15BN2O3/c13-10-5-6-14(7-10)11(15)8-1-3-9(4-2-8)12(16)17/h1-4,10,16-17H,5-7,13H2. The third-order valence-electron chi connectivity index (χ3n) is 2.97. The molecule has 0 radical (unpaired) electrons. The topological polar surface area (TPSA) is 86.8 Å². The third kappa shape index (κ3) is 2.66. The molecular formula is C11H15BN2O3. The molecule has 0 spiro atoms. The number of carbonyl (C=O) groups is 1. The van der Waals surface area contributed by atoms with Crippen molar-refractivity contribution in [1.82, 2.24) is 4.90 Å². The Kier molecular flexibility index (Phi) is 3.47. The van der Waals surface area contributed by atoms with Crippen LogP contribution in [0.25, 0.3) is 0 Å². The van der Waals surface area contributed by atoms with Crippen LogP contribution >= 0.6 is 0 Å². The number of likely N-dealkylation sites (tertiary alicyclic amines) is 1. The first-order valence-corrected chi connectivity index (χ1v) is 5.59. The number of nitrogens with zero attached hydrogens (tertiary/aromatic N) is 1. The van der Waals surface area contributed by atoms with Crippen molar-refractivity contribution in [3.05, 3.63) is 29.8 Å². The molecule has 5 nitrogen and oxygen atoms in total. The minimum Gasteiger partial charge on any atom is -0.423 e. The monoisotopic (exact) mass is 234 g/mol. The molecule has 2 rings (SSSR count). The quantitative estimate of drug-likeness (QED) is 0.546. The van der Waals surface area contributed by atoms with E-state index < -0.39 is 7.12 Å². The summed E-state index contributed by atoms with van der Waals surface area (Å²) in [7, 11) is -1.50. The second kappa shape index (κ2) is 4.87. The zero-order valence-electron chi connectivity index (χ0n) is 9.41. The Morgan fingerprint density at radius 3 is 2.47 bits per heavy atom. The SMILES string of the molecule is NC1CCN(C(=O)c2ccc(B(O)O)cc2)C1. The Balaban J connectivity index is 2.09. The molecule has 1 aromatic rings. The fraction of sp³-hybridized carbons (Fsp3) is 0.364. The van der Waals surface area contributed by atoms with Gasteiger partial charge in [-0.2, -0.15) is 0 Å². The Hall–Kier alpha value is -1.37. The van der Waals surface area contributed by atoms with Crippen molar-refractivity contribution >= 4 is 18.5 Å². The van der Waals surface area contributed by atoms with E-state index in [9.17, 15) is 4.79 Å². The molecule has 1 fully saturated rings. The molecule has 0 bridgehead atoms. The molecule has 1 aromatic carbocycles. The van der Waals surface area contributed by atoms with Crippen LogP contribution in [0.1, 0.15) is 16.8 Å². The molecule has 4 N–H and O–H groups in total. The lowest BCUT2D eigenvalue weighted by molar-refractivity contribution is 0.0791. The molecule has 1 unspecified atom stereocenters. The van der Waals surface area contributed by atoms with E-state index in [-0.39, 0.29) is 11.9 Å². The average molecular weight is 234 g/mol. The number of hydrogen-bond donors (Lipinski definition) is 3. The van der Waals surface area contributed by atoms with Gasteiger partial charge >= 0.3 is 7.12 Å². The maximum atomic E-state index is 12.0. The number of rotatable bonds is 2. The van der Waals surface area contributed by atoms with E-state index in [1.54, 1.807) is 17.0 Å². The zero-order chi connectivity index (χ0) is 12.4. The molecule has 0 aromatic heterocycles. The van der Waals surface area contributed by atoms with E-state index in [4.69, 9.17) is 15.8 Å². The summed E-state index contributed by atoms with van der Waals surface area (Å²) in [5.41, 5.74) is 6.66. The van der Waals surface area contributed by atoms with Crippen LogP contribution in [0.5, 0.6) is 0 Å². The van der Waals surface area contributed by atoms with Crippen molar-refractivity contribution in [2.75, 3.05) is 13.1 Å². The van der Waals surface area contributed by atoms with Crippen molar-refractivity contribution in [1.29, 1.82) is 0 Å². The van der Waals surface area contributed by atoms with Crippen LogP contribution in [0.4, 0.5) is 0 Å². The Bertz CT molecular complexity index is 408. The predicted octanol–water partition coefficient (Wildman–Crippen LogP) is -1.46. The fourth-order valence-corrected chi connectivity index (χ4v) is 1.95. The lowest BCUT2D eigenvalue weighted by Gasteiger charge is -2.15. The van der Waals surface area contributed by atoms with E-state index in [0.29, 0.717) is 24.1 Å². The minimum absolute atomic E-state index is 0.0584. The van der Waals surface area contributed by atoms with Crippen LogP contribution < -0.4 is 11.2 Å². The van der Waals surface area contributed by atoms with Gasteiger partial charge in [0.15, 0.2) is 0 Å². The highest BCUT2D eigenvalue weighted by atomic mass is 16.4. The number of benzene rings is 1. The van der Waals surface area contributed by atoms with Gasteiger partial charge in [-0.05, 0) is 24.0 Å². The van der Waals surface area contributed by atoms with Gasteiger partial charge in [0.25, 0.3) is 5.91 Å². The second-order valence-electron chi connectivity index (χ2n) is 4.30. The number of hydrogen-bond acceptors (Lipinski definition) is 4. The van der Waals surface area contributed by atoms with Crippen LogP contribution in [0.2, 0.25) is 0 Å². The van der Waals surface area contributed by atoms with Gasteiger partial charge in [-0.15, -0.1) is 0 Å². The number of nitrogens with two attached hydrogens (primary N) is 1. The van der Waals surface area contributed by atoms with E-state index in [0.717, 1.165) is 6.42 Å². The van der Waals surface area contributed by atoms with Crippen molar-refractivity contribution < 1.29 is 14.8 Å². The van der Waals surface area contributed by atoms with Crippen LogP contribution in [0, 0.1) is 0 Å². The zero-order valence-corrected chi connectivity index (χ0v) is 9.41. The molecule has 1 saturated heterocycles. The van der Waals surface area contributed by atoms with E-state index >= 15 is 0 Å². The highest BCUT2D eigenvalue weighted by Crippen LogP contribution is 2.11. The van der Waals surface area contributed by atoms with Gasteiger partial charge in [0.2, 0.25) is 0 Å². The van der Waals surface area contributed by atoms with Gasteiger partial charge < -0.3 is 20.7 Å². The first kappa shape index (κ1) is 12.1. The maximum absolute atomic E-state index is 12.0. The van der Waals surface area contributed by atoms with Crippen molar-refractivity contribution in [2.45, 2.75) is 12.5 Å². The van der Waals surface area contributed by atoms with Crippen molar-refractivity contribution in [2.24, 2.45) is 5.73 Å². The smallest absolute Gasteiger partial charge is 0.423 e.